The van der Waals surface area contributed by atoms with Crippen molar-refractivity contribution in [1.82, 2.24) is 10.2 Å². The average Bonchev–Trinajstić information content (AvgIpc) is 2.97. The van der Waals surface area contributed by atoms with Crippen LogP contribution in [0.2, 0.25) is 0 Å². The number of hydrogen-bond donors (Lipinski definition) is 1. The smallest absolute Gasteiger partial charge is 0.193 e. The van der Waals surface area contributed by atoms with Crippen LogP contribution in [0.25, 0.3) is 0 Å². The maximum atomic E-state index is 11.5. The first-order valence-electron chi connectivity index (χ1n) is 8.67. The van der Waals surface area contributed by atoms with E-state index in [-0.39, 0.29) is 24.0 Å². The molecule has 1 N–H and O–H groups in total. The molecule has 1 heterocycles. The molecule has 7 heteroatoms. The van der Waals surface area contributed by atoms with Gasteiger partial charge in [-0.3, -0.25) is 4.99 Å². The summed E-state index contributed by atoms with van der Waals surface area (Å²) in [5.41, 5.74) is 1.70. The minimum Gasteiger partial charge on any atom is -0.356 e. The van der Waals surface area contributed by atoms with Gasteiger partial charge in [0.25, 0.3) is 0 Å². The van der Waals surface area contributed by atoms with E-state index in [1.165, 1.54) is 31.9 Å². The standard InChI is InChI=1S/C18H27N3O2S.HI/c1-19-17(21-13-11-18(14-21)9-3-10-18)20-12-8-15-4-6-16(7-5-15)24(2,22)23;/h4-7H,3,8-14H2,1-2H3,(H,19,20);1H. The maximum Gasteiger partial charge on any atom is 0.193 e. The van der Waals surface area contributed by atoms with Gasteiger partial charge in [0.05, 0.1) is 4.90 Å². The molecule has 25 heavy (non-hydrogen) atoms. The van der Waals surface area contributed by atoms with Crippen molar-refractivity contribution in [3.63, 3.8) is 0 Å². The molecule has 1 aromatic carbocycles. The van der Waals surface area contributed by atoms with Crippen molar-refractivity contribution >= 4 is 39.8 Å². The quantitative estimate of drug-likeness (QED) is 0.412. The summed E-state index contributed by atoms with van der Waals surface area (Å²) >= 11 is 0. The van der Waals surface area contributed by atoms with Gasteiger partial charge in [0.15, 0.2) is 15.8 Å². The first-order valence-corrected chi connectivity index (χ1v) is 10.6. The van der Waals surface area contributed by atoms with Gasteiger partial charge < -0.3 is 10.2 Å². The zero-order chi connectivity index (χ0) is 17.2. The van der Waals surface area contributed by atoms with Crippen molar-refractivity contribution in [2.75, 3.05) is 32.9 Å². The van der Waals surface area contributed by atoms with E-state index in [1.54, 1.807) is 12.1 Å². The van der Waals surface area contributed by atoms with E-state index in [2.05, 4.69) is 15.2 Å². The highest BCUT2D eigenvalue weighted by atomic mass is 127. The minimum absolute atomic E-state index is 0. The van der Waals surface area contributed by atoms with Gasteiger partial charge in [0.1, 0.15) is 0 Å². The fourth-order valence-electron chi connectivity index (χ4n) is 3.76. The molecule has 1 aromatic rings. The van der Waals surface area contributed by atoms with Gasteiger partial charge >= 0.3 is 0 Å². The zero-order valence-corrected chi connectivity index (χ0v) is 18.1. The molecule has 0 amide bonds. The van der Waals surface area contributed by atoms with E-state index in [0.717, 1.165) is 37.6 Å². The summed E-state index contributed by atoms with van der Waals surface area (Å²) in [4.78, 5) is 7.18. The number of hydrogen-bond acceptors (Lipinski definition) is 3. The van der Waals surface area contributed by atoms with Crippen molar-refractivity contribution in [2.45, 2.75) is 37.0 Å². The predicted molar refractivity (Wildman–Crippen MR) is 113 cm³/mol. The SMILES string of the molecule is CN=C(NCCc1ccc(S(C)(=O)=O)cc1)N1CCC2(CCC2)C1.I. The molecular formula is C18H28IN3O2S. The number of sulfone groups is 1. The molecule has 1 saturated carbocycles. The van der Waals surface area contributed by atoms with Gasteiger partial charge in [0, 0.05) is 32.9 Å². The zero-order valence-electron chi connectivity index (χ0n) is 15.0. The molecule has 140 valence electrons. The Morgan fingerprint density at radius 1 is 1.24 bits per heavy atom. The third-order valence-corrected chi connectivity index (χ3v) is 6.54. The van der Waals surface area contributed by atoms with Gasteiger partial charge in [-0.05, 0) is 48.8 Å². The van der Waals surface area contributed by atoms with Crippen LogP contribution in [0.1, 0.15) is 31.2 Å². The Morgan fingerprint density at radius 3 is 2.40 bits per heavy atom. The van der Waals surface area contributed by atoms with Crippen LogP contribution in [0.3, 0.4) is 0 Å². The Labute approximate surface area is 168 Å². The second-order valence-electron chi connectivity index (χ2n) is 7.17. The molecule has 0 bridgehead atoms. The Hall–Kier alpha value is -0.830. The second-order valence-corrected chi connectivity index (χ2v) is 9.18. The van der Waals surface area contributed by atoms with Crippen molar-refractivity contribution < 1.29 is 8.42 Å². The molecule has 1 aliphatic heterocycles. The van der Waals surface area contributed by atoms with Crippen molar-refractivity contribution in [2.24, 2.45) is 10.4 Å². The average molecular weight is 477 g/mol. The van der Waals surface area contributed by atoms with Crippen molar-refractivity contribution in [3.8, 4) is 0 Å². The summed E-state index contributed by atoms with van der Waals surface area (Å²) in [6.45, 7) is 3.03. The lowest BCUT2D eigenvalue weighted by Crippen LogP contribution is -2.43. The molecule has 0 unspecified atom stereocenters. The summed E-state index contributed by atoms with van der Waals surface area (Å²) in [5.74, 6) is 0.992. The maximum absolute atomic E-state index is 11.5. The molecule has 1 saturated heterocycles. The Morgan fingerprint density at radius 2 is 1.92 bits per heavy atom. The van der Waals surface area contributed by atoms with E-state index in [4.69, 9.17) is 0 Å². The number of nitrogens with zero attached hydrogens (tertiary/aromatic N) is 2. The number of nitrogens with one attached hydrogen (secondary N) is 1. The molecule has 2 aliphatic rings. The fourth-order valence-corrected chi connectivity index (χ4v) is 4.39. The third-order valence-electron chi connectivity index (χ3n) is 5.41. The summed E-state index contributed by atoms with van der Waals surface area (Å²) in [6, 6.07) is 7.14. The van der Waals surface area contributed by atoms with Crippen LogP contribution in [0.15, 0.2) is 34.2 Å². The number of guanidine groups is 1. The van der Waals surface area contributed by atoms with Crippen LogP contribution < -0.4 is 5.32 Å². The van der Waals surface area contributed by atoms with E-state index in [0.29, 0.717) is 10.3 Å². The minimum atomic E-state index is -3.12. The third kappa shape index (κ3) is 4.87. The molecule has 3 rings (SSSR count). The molecule has 5 nitrogen and oxygen atoms in total. The van der Waals surface area contributed by atoms with Crippen LogP contribution in [0.5, 0.6) is 0 Å². The number of likely N-dealkylation sites (tertiary alicyclic amines) is 1. The molecule has 0 radical (unpaired) electrons. The largest absolute Gasteiger partial charge is 0.356 e. The highest BCUT2D eigenvalue weighted by molar-refractivity contribution is 14.0. The van der Waals surface area contributed by atoms with E-state index in [1.807, 2.05) is 19.2 Å². The molecule has 2 fully saturated rings. The van der Waals surface area contributed by atoms with Crippen LogP contribution in [0, 0.1) is 5.41 Å². The van der Waals surface area contributed by atoms with Crippen molar-refractivity contribution in [1.29, 1.82) is 0 Å². The molecule has 0 atom stereocenters. The molecular weight excluding hydrogens is 449 g/mol. The number of aliphatic imine (C=N–C) groups is 1. The van der Waals surface area contributed by atoms with Crippen LogP contribution in [-0.4, -0.2) is 52.2 Å². The summed E-state index contributed by atoms with van der Waals surface area (Å²) in [5, 5.41) is 3.45. The molecule has 0 aromatic heterocycles. The first-order chi connectivity index (χ1) is 11.4. The Bertz CT molecular complexity index is 712. The second kappa shape index (κ2) is 8.24. The molecule has 1 aliphatic carbocycles. The van der Waals surface area contributed by atoms with Gasteiger partial charge in [-0.2, -0.15) is 0 Å². The van der Waals surface area contributed by atoms with E-state index >= 15 is 0 Å². The lowest BCUT2D eigenvalue weighted by atomic mass is 9.68. The number of rotatable bonds is 4. The highest BCUT2D eigenvalue weighted by Gasteiger charge is 2.43. The lowest BCUT2D eigenvalue weighted by Gasteiger charge is -2.38. The van der Waals surface area contributed by atoms with E-state index < -0.39 is 9.84 Å². The normalized spacial score (nSPS) is 19.4. The topological polar surface area (TPSA) is 61.8 Å². The highest BCUT2D eigenvalue weighted by Crippen LogP contribution is 2.47. The first kappa shape index (κ1) is 20.5. The van der Waals surface area contributed by atoms with Gasteiger partial charge in [-0.1, -0.05) is 18.6 Å². The predicted octanol–water partition coefficient (Wildman–Crippen LogP) is 2.70. The van der Waals surface area contributed by atoms with Crippen LogP contribution in [0.4, 0.5) is 0 Å². The van der Waals surface area contributed by atoms with Gasteiger partial charge in [-0.15, -0.1) is 24.0 Å². The fraction of sp³-hybridized carbons (Fsp3) is 0.611. The lowest BCUT2D eigenvalue weighted by molar-refractivity contribution is 0.151. The monoisotopic (exact) mass is 477 g/mol. The van der Waals surface area contributed by atoms with Crippen molar-refractivity contribution in [3.05, 3.63) is 29.8 Å². The summed E-state index contributed by atoms with van der Waals surface area (Å²) < 4.78 is 23.0. The number of halogens is 1. The van der Waals surface area contributed by atoms with E-state index in [9.17, 15) is 8.42 Å². The Kier molecular flexibility index (Phi) is 6.75. The van der Waals surface area contributed by atoms with Crippen LogP contribution in [-0.2, 0) is 16.3 Å². The number of benzene rings is 1. The summed E-state index contributed by atoms with van der Waals surface area (Å²) in [6.07, 6.45) is 7.49. The van der Waals surface area contributed by atoms with Gasteiger partial charge in [0.2, 0.25) is 0 Å². The molecule has 1 spiro atoms. The Balaban J connectivity index is 0.00000225. The summed E-state index contributed by atoms with van der Waals surface area (Å²) in [7, 11) is -1.28. The van der Waals surface area contributed by atoms with Crippen LogP contribution >= 0.6 is 24.0 Å². The van der Waals surface area contributed by atoms with Gasteiger partial charge in [-0.25, -0.2) is 8.42 Å².